The zero-order valence-electron chi connectivity index (χ0n) is 13.8. The van der Waals surface area contributed by atoms with Crippen LogP contribution >= 0.6 is 11.3 Å². The lowest BCUT2D eigenvalue weighted by Gasteiger charge is -2.15. The van der Waals surface area contributed by atoms with Crippen molar-refractivity contribution in [2.75, 3.05) is 13.1 Å². The van der Waals surface area contributed by atoms with Crippen LogP contribution in [0.1, 0.15) is 21.9 Å². The van der Waals surface area contributed by atoms with Gasteiger partial charge < -0.3 is 10.0 Å². The fourth-order valence-electron chi connectivity index (χ4n) is 2.96. The van der Waals surface area contributed by atoms with Crippen LogP contribution < -0.4 is 0 Å². The highest BCUT2D eigenvalue weighted by Gasteiger charge is 2.31. The van der Waals surface area contributed by atoms with Crippen molar-refractivity contribution in [1.82, 2.24) is 9.88 Å². The van der Waals surface area contributed by atoms with Crippen LogP contribution in [0.4, 0.5) is 0 Å². The number of aryl methyl sites for hydroxylation is 2. The molecule has 1 amide bonds. The standard InChI is InChI=1S/C18H20N2O3S/c1-11-3-5-13(6-4-11)17-15(24-12(2)19-17)9-16(21)20-8-7-14(10-20)18(22)23/h3-6,14H,7-10H2,1-2H3,(H,22,23)/t14-/m1/s1. The van der Waals surface area contributed by atoms with Crippen LogP contribution in [0.15, 0.2) is 24.3 Å². The van der Waals surface area contributed by atoms with Crippen LogP contribution in [0.2, 0.25) is 0 Å². The first kappa shape index (κ1) is 16.6. The molecule has 0 aliphatic carbocycles. The van der Waals surface area contributed by atoms with E-state index in [2.05, 4.69) is 4.98 Å². The van der Waals surface area contributed by atoms with Crippen LogP contribution in [0.3, 0.4) is 0 Å². The zero-order valence-corrected chi connectivity index (χ0v) is 14.6. The summed E-state index contributed by atoms with van der Waals surface area (Å²) < 4.78 is 0. The van der Waals surface area contributed by atoms with Crippen molar-refractivity contribution >= 4 is 23.2 Å². The van der Waals surface area contributed by atoms with Crippen LogP contribution in [0, 0.1) is 19.8 Å². The van der Waals surface area contributed by atoms with Gasteiger partial charge in [-0.15, -0.1) is 11.3 Å². The molecular weight excluding hydrogens is 324 g/mol. The van der Waals surface area contributed by atoms with Crippen molar-refractivity contribution in [2.45, 2.75) is 26.7 Å². The molecule has 1 fully saturated rings. The number of thiazole rings is 1. The monoisotopic (exact) mass is 344 g/mol. The Morgan fingerprint density at radius 1 is 1.29 bits per heavy atom. The number of rotatable bonds is 4. The Balaban J connectivity index is 1.77. The Hall–Kier alpha value is -2.21. The normalized spacial score (nSPS) is 17.2. The molecule has 1 saturated heterocycles. The van der Waals surface area contributed by atoms with Gasteiger partial charge in [0.15, 0.2) is 0 Å². The lowest BCUT2D eigenvalue weighted by atomic mass is 10.1. The minimum Gasteiger partial charge on any atom is -0.481 e. The van der Waals surface area contributed by atoms with Gasteiger partial charge in [0, 0.05) is 23.5 Å². The molecule has 6 heteroatoms. The quantitative estimate of drug-likeness (QED) is 0.926. The molecule has 2 heterocycles. The first-order valence-corrected chi connectivity index (χ1v) is 8.79. The average molecular weight is 344 g/mol. The summed E-state index contributed by atoms with van der Waals surface area (Å²) in [5.41, 5.74) is 3.05. The average Bonchev–Trinajstić information content (AvgIpc) is 3.15. The summed E-state index contributed by atoms with van der Waals surface area (Å²) in [4.78, 5) is 30.8. The maximum Gasteiger partial charge on any atom is 0.308 e. The molecule has 1 N–H and O–H groups in total. The number of carbonyl (C=O) groups excluding carboxylic acids is 1. The number of carbonyl (C=O) groups is 2. The van der Waals surface area contributed by atoms with E-state index in [1.165, 1.54) is 16.9 Å². The molecule has 24 heavy (non-hydrogen) atoms. The van der Waals surface area contributed by atoms with Gasteiger partial charge >= 0.3 is 5.97 Å². The molecule has 3 rings (SSSR count). The number of amides is 1. The molecular formula is C18H20N2O3S. The van der Waals surface area contributed by atoms with E-state index in [4.69, 9.17) is 5.11 Å². The number of hydrogen-bond acceptors (Lipinski definition) is 4. The summed E-state index contributed by atoms with van der Waals surface area (Å²) >= 11 is 1.53. The summed E-state index contributed by atoms with van der Waals surface area (Å²) in [6, 6.07) is 8.11. The van der Waals surface area contributed by atoms with E-state index in [0.717, 1.165) is 21.1 Å². The molecule has 0 saturated carbocycles. The fourth-order valence-corrected chi connectivity index (χ4v) is 3.91. The largest absolute Gasteiger partial charge is 0.481 e. The summed E-state index contributed by atoms with van der Waals surface area (Å²) in [7, 11) is 0. The van der Waals surface area contributed by atoms with Crippen molar-refractivity contribution < 1.29 is 14.7 Å². The Morgan fingerprint density at radius 3 is 2.62 bits per heavy atom. The molecule has 126 valence electrons. The molecule has 0 radical (unpaired) electrons. The number of carboxylic acid groups (broad SMARTS) is 1. The SMILES string of the molecule is Cc1ccc(-c2nc(C)sc2CC(=O)N2CC[C@@H](C(=O)O)C2)cc1. The Bertz CT molecular complexity index is 767. The summed E-state index contributed by atoms with van der Waals surface area (Å²) in [6.07, 6.45) is 0.814. The van der Waals surface area contributed by atoms with Gasteiger partial charge in [-0.05, 0) is 20.3 Å². The molecule has 0 bridgehead atoms. The summed E-state index contributed by atoms with van der Waals surface area (Å²) in [5, 5.41) is 10.0. The molecule has 1 aliphatic heterocycles. The topological polar surface area (TPSA) is 70.5 Å². The van der Waals surface area contributed by atoms with E-state index < -0.39 is 11.9 Å². The van der Waals surface area contributed by atoms with Crippen LogP contribution in [0.5, 0.6) is 0 Å². The highest BCUT2D eigenvalue weighted by molar-refractivity contribution is 7.12. The second kappa shape index (κ2) is 6.73. The first-order valence-electron chi connectivity index (χ1n) is 7.98. The Morgan fingerprint density at radius 2 is 2.00 bits per heavy atom. The Kier molecular flexibility index (Phi) is 4.66. The number of benzene rings is 1. The van der Waals surface area contributed by atoms with Gasteiger partial charge in [-0.1, -0.05) is 29.8 Å². The molecule has 2 aromatic rings. The van der Waals surface area contributed by atoms with Gasteiger partial charge in [-0.3, -0.25) is 9.59 Å². The lowest BCUT2D eigenvalue weighted by molar-refractivity contribution is -0.141. The van der Waals surface area contributed by atoms with Crippen molar-refractivity contribution in [3.63, 3.8) is 0 Å². The van der Waals surface area contributed by atoms with Gasteiger partial charge in [-0.2, -0.15) is 0 Å². The second-order valence-electron chi connectivity index (χ2n) is 6.21. The number of aromatic nitrogens is 1. The molecule has 1 aliphatic rings. The zero-order chi connectivity index (χ0) is 17.3. The molecule has 0 unspecified atom stereocenters. The second-order valence-corrected chi connectivity index (χ2v) is 7.50. The Labute approximate surface area is 145 Å². The predicted molar refractivity (Wildman–Crippen MR) is 93.1 cm³/mol. The van der Waals surface area contributed by atoms with E-state index in [-0.39, 0.29) is 12.3 Å². The fraction of sp³-hybridized carbons (Fsp3) is 0.389. The van der Waals surface area contributed by atoms with Gasteiger partial charge in [0.25, 0.3) is 0 Å². The number of carboxylic acids is 1. The molecule has 1 atom stereocenters. The third-order valence-corrected chi connectivity index (χ3v) is 5.30. The van der Waals surface area contributed by atoms with Crippen LogP contribution in [-0.4, -0.2) is 40.0 Å². The first-order chi connectivity index (χ1) is 11.4. The smallest absolute Gasteiger partial charge is 0.308 e. The van der Waals surface area contributed by atoms with Crippen molar-refractivity contribution in [3.8, 4) is 11.3 Å². The number of likely N-dealkylation sites (tertiary alicyclic amines) is 1. The minimum atomic E-state index is -0.820. The highest BCUT2D eigenvalue weighted by atomic mass is 32.1. The van der Waals surface area contributed by atoms with Crippen LogP contribution in [-0.2, 0) is 16.0 Å². The van der Waals surface area contributed by atoms with E-state index in [9.17, 15) is 9.59 Å². The van der Waals surface area contributed by atoms with E-state index in [0.29, 0.717) is 19.5 Å². The van der Waals surface area contributed by atoms with E-state index in [1.54, 1.807) is 4.90 Å². The van der Waals surface area contributed by atoms with Crippen molar-refractivity contribution in [2.24, 2.45) is 5.92 Å². The highest BCUT2D eigenvalue weighted by Crippen LogP contribution is 2.29. The van der Waals surface area contributed by atoms with E-state index in [1.807, 2.05) is 38.1 Å². The number of nitrogens with zero attached hydrogens (tertiary/aromatic N) is 2. The number of hydrogen-bond donors (Lipinski definition) is 1. The maximum atomic E-state index is 12.5. The predicted octanol–water partition coefficient (Wildman–Crippen LogP) is 2.90. The van der Waals surface area contributed by atoms with Gasteiger partial charge in [0.05, 0.1) is 23.0 Å². The lowest BCUT2D eigenvalue weighted by Crippen LogP contribution is -2.31. The van der Waals surface area contributed by atoms with Gasteiger partial charge in [-0.25, -0.2) is 4.98 Å². The van der Waals surface area contributed by atoms with Crippen molar-refractivity contribution in [1.29, 1.82) is 0 Å². The van der Waals surface area contributed by atoms with Crippen molar-refractivity contribution in [3.05, 3.63) is 39.7 Å². The van der Waals surface area contributed by atoms with Gasteiger partial charge in [0.1, 0.15) is 0 Å². The summed E-state index contributed by atoms with van der Waals surface area (Å²) in [6.45, 7) is 4.80. The summed E-state index contributed by atoms with van der Waals surface area (Å²) in [5.74, 6) is -1.27. The molecule has 0 spiro atoms. The van der Waals surface area contributed by atoms with E-state index >= 15 is 0 Å². The molecule has 5 nitrogen and oxygen atoms in total. The molecule has 1 aromatic carbocycles. The maximum absolute atomic E-state index is 12.5. The van der Waals surface area contributed by atoms with Crippen LogP contribution in [0.25, 0.3) is 11.3 Å². The third kappa shape index (κ3) is 3.48. The number of aliphatic carboxylic acids is 1. The van der Waals surface area contributed by atoms with Gasteiger partial charge in [0.2, 0.25) is 5.91 Å². The molecule has 1 aromatic heterocycles. The third-order valence-electron chi connectivity index (χ3n) is 4.33. The minimum absolute atomic E-state index is 0.0178.